The fraction of sp³-hybridized carbons (Fsp3) is 0.500. The number of aliphatic hydroxyl groups excluding tert-OH is 2. The monoisotopic (exact) mass is 510 g/mol. The van der Waals surface area contributed by atoms with Crippen molar-refractivity contribution in [2.24, 2.45) is 5.92 Å². The molecule has 0 radical (unpaired) electrons. The molecule has 5 nitrogen and oxygen atoms in total. The first-order chi connectivity index (χ1) is 17.0. The van der Waals surface area contributed by atoms with Gasteiger partial charge in [-0.3, -0.25) is 0 Å². The number of hydrogen-bond donors (Lipinski definition) is 3. The van der Waals surface area contributed by atoms with Crippen LogP contribution in [0.2, 0.25) is 0 Å². The summed E-state index contributed by atoms with van der Waals surface area (Å²) in [6.45, 7) is 8.21. The highest BCUT2D eigenvalue weighted by molar-refractivity contribution is 8.04. The third-order valence-corrected chi connectivity index (χ3v) is 8.88. The molecular weight excluding hydrogens is 472 g/mol. The van der Waals surface area contributed by atoms with Crippen molar-refractivity contribution in [1.82, 2.24) is 0 Å². The van der Waals surface area contributed by atoms with Gasteiger partial charge in [-0.15, -0.1) is 0 Å². The lowest BCUT2D eigenvalue weighted by atomic mass is 9.77. The minimum Gasteiger partial charge on any atom is -0.511 e. The minimum atomic E-state index is -0.719. The van der Waals surface area contributed by atoms with Gasteiger partial charge in [0.1, 0.15) is 22.0 Å². The third kappa shape index (κ3) is 5.60. The summed E-state index contributed by atoms with van der Waals surface area (Å²) in [6, 6.07) is 11.1. The van der Waals surface area contributed by atoms with Crippen LogP contribution in [0.3, 0.4) is 0 Å². The Kier molecular flexibility index (Phi) is 7.77. The van der Waals surface area contributed by atoms with Crippen molar-refractivity contribution >= 4 is 17.7 Å². The summed E-state index contributed by atoms with van der Waals surface area (Å²) in [6.07, 6.45) is 5.87. The molecular formula is C30H38O5S. The molecule has 0 unspecified atom stereocenters. The predicted octanol–water partition coefficient (Wildman–Crippen LogP) is 6.86. The lowest BCUT2D eigenvalue weighted by Gasteiger charge is -2.41. The maximum absolute atomic E-state index is 13.5. The van der Waals surface area contributed by atoms with Crippen molar-refractivity contribution in [3.8, 4) is 5.75 Å². The molecule has 2 aromatic rings. The summed E-state index contributed by atoms with van der Waals surface area (Å²) in [5.74, 6) is 0.110. The van der Waals surface area contributed by atoms with Crippen molar-refractivity contribution in [1.29, 1.82) is 0 Å². The van der Waals surface area contributed by atoms with Gasteiger partial charge in [0.05, 0.1) is 6.61 Å². The number of thioether (sulfide) groups is 1. The molecule has 1 heterocycles. The number of carbonyl (C=O) groups excluding carboxylic acids is 1. The number of hydrogen-bond acceptors (Lipinski definition) is 6. The van der Waals surface area contributed by atoms with Crippen LogP contribution in [0.4, 0.5) is 0 Å². The van der Waals surface area contributed by atoms with Crippen molar-refractivity contribution in [2.45, 2.75) is 95.2 Å². The molecule has 3 N–H and O–H groups in total. The maximum Gasteiger partial charge on any atom is 0.349 e. The van der Waals surface area contributed by atoms with Crippen molar-refractivity contribution < 1.29 is 24.9 Å². The molecule has 0 aromatic heterocycles. The van der Waals surface area contributed by atoms with Gasteiger partial charge in [-0.1, -0.05) is 63.6 Å². The normalized spacial score (nSPS) is 21.2. The van der Waals surface area contributed by atoms with Gasteiger partial charge in [0.25, 0.3) is 0 Å². The Bertz CT molecular complexity index is 1140. The molecule has 0 spiro atoms. The quantitative estimate of drug-likeness (QED) is 0.353. The number of carbonyl (C=O) groups is 1. The Balaban J connectivity index is 1.64. The SMILES string of the molecule is Cc1cc(SC2=C(O)C[C@@](CCc3ccc(O)cc3)(C3CCCC3)OC2=O)c(C(C)(C)C)cc1CO. The Morgan fingerprint density at radius 3 is 2.33 bits per heavy atom. The number of esters is 1. The average molecular weight is 511 g/mol. The standard InChI is InChI=1S/C30H38O5S/c1-19-15-26(24(29(2,3)4)16-21(19)18-31)36-27-25(33)17-30(35-28(27)34,22-7-5-6-8-22)14-13-20-9-11-23(32)12-10-20/h9-12,15-16,22,31-33H,5-8,13-14,17-18H2,1-4H3/t30-/m0/s1. The molecule has 0 saturated heterocycles. The first-order valence-electron chi connectivity index (χ1n) is 12.9. The number of benzene rings is 2. The van der Waals surface area contributed by atoms with Gasteiger partial charge in [0, 0.05) is 11.3 Å². The number of cyclic esters (lactones) is 1. The molecule has 1 aliphatic heterocycles. The predicted molar refractivity (Wildman–Crippen MR) is 143 cm³/mol. The zero-order valence-corrected chi connectivity index (χ0v) is 22.6. The number of aromatic hydroxyl groups is 1. The molecule has 0 amide bonds. The van der Waals surface area contributed by atoms with Crippen LogP contribution >= 0.6 is 11.8 Å². The minimum absolute atomic E-state index is 0.0409. The first kappa shape index (κ1) is 26.6. The molecule has 194 valence electrons. The van der Waals surface area contributed by atoms with Crippen molar-refractivity contribution in [3.05, 3.63) is 69.3 Å². The highest BCUT2D eigenvalue weighted by Gasteiger charge is 2.48. The molecule has 1 aliphatic carbocycles. The summed E-state index contributed by atoms with van der Waals surface area (Å²) in [7, 11) is 0. The topological polar surface area (TPSA) is 87.0 Å². The van der Waals surface area contributed by atoms with E-state index >= 15 is 0 Å². The molecule has 1 atom stereocenters. The van der Waals surface area contributed by atoms with E-state index < -0.39 is 11.6 Å². The fourth-order valence-electron chi connectivity index (χ4n) is 5.57. The number of phenols is 1. The molecule has 1 saturated carbocycles. The zero-order valence-electron chi connectivity index (χ0n) is 21.8. The third-order valence-electron chi connectivity index (χ3n) is 7.71. The van der Waals surface area contributed by atoms with Gasteiger partial charge in [-0.25, -0.2) is 4.79 Å². The number of aliphatic hydroxyl groups is 2. The van der Waals surface area contributed by atoms with Crippen LogP contribution in [0.1, 0.15) is 81.5 Å². The second-order valence-electron chi connectivity index (χ2n) is 11.3. The molecule has 2 aliphatic rings. The second kappa shape index (κ2) is 10.5. The largest absolute Gasteiger partial charge is 0.511 e. The summed E-state index contributed by atoms with van der Waals surface area (Å²) in [5, 5.41) is 30.7. The highest BCUT2D eigenvalue weighted by Crippen LogP contribution is 2.49. The van der Waals surface area contributed by atoms with Crippen LogP contribution < -0.4 is 0 Å². The van der Waals surface area contributed by atoms with E-state index in [1.807, 2.05) is 31.2 Å². The van der Waals surface area contributed by atoms with Crippen LogP contribution in [0.5, 0.6) is 5.75 Å². The van der Waals surface area contributed by atoms with Gasteiger partial charge in [0.2, 0.25) is 0 Å². The van der Waals surface area contributed by atoms with Crippen LogP contribution in [0.15, 0.2) is 52.0 Å². The fourth-order valence-corrected chi connectivity index (χ4v) is 6.81. The van der Waals surface area contributed by atoms with Gasteiger partial charge in [0.15, 0.2) is 0 Å². The lowest BCUT2D eigenvalue weighted by Crippen LogP contribution is -2.45. The van der Waals surface area contributed by atoms with E-state index in [9.17, 15) is 20.1 Å². The smallest absolute Gasteiger partial charge is 0.349 e. The van der Waals surface area contributed by atoms with E-state index in [-0.39, 0.29) is 34.4 Å². The first-order valence-corrected chi connectivity index (χ1v) is 13.7. The van der Waals surface area contributed by atoms with Crippen LogP contribution in [-0.2, 0) is 28.0 Å². The number of rotatable bonds is 7. The lowest BCUT2D eigenvalue weighted by molar-refractivity contribution is -0.166. The van der Waals surface area contributed by atoms with Crippen LogP contribution in [0.25, 0.3) is 0 Å². The number of phenolic OH excluding ortho intramolecular Hbond substituents is 1. The average Bonchev–Trinajstić information content (AvgIpc) is 3.36. The summed E-state index contributed by atoms with van der Waals surface area (Å²) in [5.41, 5.74) is 2.99. The Morgan fingerprint density at radius 1 is 1.08 bits per heavy atom. The zero-order chi connectivity index (χ0) is 26.1. The molecule has 1 fully saturated rings. The van der Waals surface area contributed by atoms with Gasteiger partial charge >= 0.3 is 5.97 Å². The van der Waals surface area contributed by atoms with E-state index in [4.69, 9.17) is 4.74 Å². The summed E-state index contributed by atoms with van der Waals surface area (Å²) in [4.78, 5) is 14.6. The Morgan fingerprint density at radius 2 is 1.75 bits per heavy atom. The number of aryl methyl sites for hydroxylation is 2. The Labute approximate surface area is 218 Å². The van der Waals surface area contributed by atoms with E-state index in [2.05, 4.69) is 20.8 Å². The van der Waals surface area contributed by atoms with Crippen LogP contribution in [0, 0.1) is 12.8 Å². The molecule has 6 heteroatoms. The molecule has 0 bridgehead atoms. The molecule has 4 rings (SSSR count). The van der Waals surface area contributed by atoms with Crippen molar-refractivity contribution in [3.63, 3.8) is 0 Å². The van der Waals surface area contributed by atoms with E-state index in [0.29, 0.717) is 19.3 Å². The second-order valence-corrected chi connectivity index (χ2v) is 12.4. The Hall–Kier alpha value is -2.44. The van der Waals surface area contributed by atoms with Gasteiger partial charge in [-0.2, -0.15) is 0 Å². The van der Waals surface area contributed by atoms with Crippen molar-refractivity contribution in [2.75, 3.05) is 0 Å². The molecule has 36 heavy (non-hydrogen) atoms. The summed E-state index contributed by atoms with van der Waals surface area (Å²) < 4.78 is 6.29. The van der Waals surface area contributed by atoms with Crippen LogP contribution in [-0.4, -0.2) is 26.9 Å². The highest BCUT2D eigenvalue weighted by atomic mass is 32.2. The van der Waals surface area contributed by atoms with E-state index in [1.54, 1.807) is 12.1 Å². The summed E-state index contributed by atoms with van der Waals surface area (Å²) >= 11 is 1.27. The molecule has 2 aromatic carbocycles. The van der Waals surface area contributed by atoms with E-state index in [0.717, 1.165) is 52.8 Å². The number of ether oxygens (including phenoxy) is 1. The van der Waals surface area contributed by atoms with Gasteiger partial charge < -0.3 is 20.1 Å². The maximum atomic E-state index is 13.5. The van der Waals surface area contributed by atoms with E-state index in [1.165, 1.54) is 11.8 Å². The van der Waals surface area contributed by atoms with Gasteiger partial charge in [-0.05, 0) is 84.4 Å².